The molecule has 0 bridgehead atoms. The van der Waals surface area contributed by atoms with Crippen LogP contribution in [0.3, 0.4) is 0 Å². The highest BCUT2D eigenvalue weighted by Gasteiger charge is 2.09. The fourth-order valence-corrected chi connectivity index (χ4v) is 1.83. The van der Waals surface area contributed by atoms with Gasteiger partial charge in [0.2, 0.25) is 0 Å². The first-order valence-corrected chi connectivity index (χ1v) is 5.97. The zero-order valence-corrected chi connectivity index (χ0v) is 11.0. The van der Waals surface area contributed by atoms with E-state index >= 15 is 0 Å². The Labute approximate surface area is 108 Å². The van der Waals surface area contributed by atoms with E-state index in [9.17, 15) is 0 Å². The summed E-state index contributed by atoms with van der Waals surface area (Å²) in [5.74, 6) is 0.943. The molecule has 2 aromatic rings. The third-order valence-electron chi connectivity index (χ3n) is 2.79. The van der Waals surface area contributed by atoms with Crippen molar-refractivity contribution in [1.29, 1.82) is 0 Å². The van der Waals surface area contributed by atoms with Gasteiger partial charge in [0.1, 0.15) is 0 Å². The van der Waals surface area contributed by atoms with Crippen molar-refractivity contribution in [1.82, 2.24) is 9.97 Å². The van der Waals surface area contributed by atoms with Gasteiger partial charge in [-0.1, -0.05) is 0 Å². The Morgan fingerprint density at radius 1 is 1.11 bits per heavy atom. The van der Waals surface area contributed by atoms with Gasteiger partial charge in [0, 0.05) is 38.7 Å². The Balaban J connectivity index is 2.19. The fraction of sp³-hybridized carbons (Fsp3) is 0.286. The second kappa shape index (κ2) is 5.49. The van der Waals surface area contributed by atoms with Crippen molar-refractivity contribution >= 4 is 11.5 Å². The van der Waals surface area contributed by atoms with Crippen LogP contribution >= 0.6 is 0 Å². The number of hydrogen-bond donors (Lipinski definition) is 1. The van der Waals surface area contributed by atoms with E-state index in [2.05, 4.69) is 22.2 Å². The molecule has 0 saturated carbocycles. The molecule has 1 unspecified atom stereocenters. The van der Waals surface area contributed by atoms with Crippen LogP contribution < -0.4 is 10.2 Å². The highest BCUT2D eigenvalue weighted by Crippen LogP contribution is 2.25. The summed E-state index contributed by atoms with van der Waals surface area (Å²) in [7, 11) is 3.98. The average Bonchev–Trinajstić information content (AvgIpc) is 2.40. The van der Waals surface area contributed by atoms with E-state index < -0.39 is 0 Å². The van der Waals surface area contributed by atoms with Crippen molar-refractivity contribution in [3.05, 3.63) is 48.4 Å². The Morgan fingerprint density at radius 3 is 2.50 bits per heavy atom. The lowest BCUT2D eigenvalue weighted by atomic mass is 10.1. The van der Waals surface area contributed by atoms with Gasteiger partial charge in [-0.2, -0.15) is 0 Å². The molecule has 4 heteroatoms. The molecule has 0 aliphatic carbocycles. The molecule has 94 valence electrons. The average molecular weight is 242 g/mol. The van der Waals surface area contributed by atoms with Crippen LogP contribution in [0.4, 0.5) is 11.5 Å². The first kappa shape index (κ1) is 12.4. The number of rotatable bonds is 4. The van der Waals surface area contributed by atoms with E-state index in [1.165, 1.54) is 5.56 Å². The second-order valence-electron chi connectivity index (χ2n) is 4.42. The zero-order chi connectivity index (χ0) is 13.0. The summed E-state index contributed by atoms with van der Waals surface area (Å²) < 4.78 is 0. The summed E-state index contributed by atoms with van der Waals surface area (Å²) in [4.78, 5) is 10.4. The molecule has 0 aliphatic rings. The molecule has 2 heterocycles. The molecule has 1 atom stereocenters. The summed E-state index contributed by atoms with van der Waals surface area (Å²) in [6, 6.07) is 8.23. The fourth-order valence-electron chi connectivity index (χ4n) is 1.83. The van der Waals surface area contributed by atoms with Crippen LogP contribution in [-0.2, 0) is 0 Å². The topological polar surface area (TPSA) is 41.1 Å². The third kappa shape index (κ3) is 2.77. The number of pyridine rings is 2. The molecule has 0 fully saturated rings. The second-order valence-corrected chi connectivity index (χ2v) is 4.42. The lowest BCUT2D eigenvalue weighted by Gasteiger charge is -2.20. The smallest absolute Gasteiger partial charge is 0.151 e. The molecule has 0 radical (unpaired) electrons. The van der Waals surface area contributed by atoms with Crippen molar-refractivity contribution in [2.45, 2.75) is 13.0 Å². The van der Waals surface area contributed by atoms with Gasteiger partial charge >= 0.3 is 0 Å². The summed E-state index contributed by atoms with van der Waals surface area (Å²) in [5, 5.41) is 3.48. The first-order chi connectivity index (χ1) is 8.68. The van der Waals surface area contributed by atoms with E-state index in [0.717, 1.165) is 11.5 Å². The first-order valence-electron chi connectivity index (χ1n) is 5.97. The van der Waals surface area contributed by atoms with Gasteiger partial charge in [-0.3, -0.25) is 4.98 Å². The van der Waals surface area contributed by atoms with Gasteiger partial charge in [0.15, 0.2) is 5.82 Å². The highest BCUT2D eigenvalue weighted by molar-refractivity contribution is 5.65. The summed E-state index contributed by atoms with van der Waals surface area (Å²) in [6.07, 6.45) is 5.42. The molecule has 2 rings (SSSR count). The minimum atomic E-state index is 0.218. The molecule has 2 aromatic heterocycles. The number of aromatic nitrogens is 2. The maximum Gasteiger partial charge on any atom is 0.151 e. The molecule has 18 heavy (non-hydrogen) atoms. The molecular weight excluding hydrogens is 224 g/mol. The normalized spacial score (nSPS) is 11.9. The predicted octanol–water partition coefficient (Wildman–Crippen LogP) is 2.72. The van der Waals surface area contributed by atoms with Crippen LogP contribution in [-0.4, -0.2) is 24.1 Å². The highest BCUT2D eigenvalue weighted by atomic mass is 15.2. The van der Waals surface area contributed by atoms with Crippen molar-refractivity contribution in [3.8, 4) is 0 Å². The Kier molecular flexibility index (Phi) is 3.77. The van der Waals surface area contributed by atoms with E-state index in [1.807, 2.05) is 55.7 Å². The van der Waals surface area contributed by atoms with E-state index in [1.54, 1.807) is 6.20 Å². The SMILES string of the molecule is CC(Nc1cccnc1N(C)C)c1ccncc1. The van der Waals surface area contributed by atoms with E-state index in [0.29, 0.717) is 0 Å². The summed E-state index contributed by atoms with van der Waals surface area (Å²) in [5.41, 5.74) is 2.24. The maximum absolute atomic E-state index is 4.38. The maximum atomic E-state index is 4.38. The predicted molar refractivity (Wildman–Crippen MR) is 74.8 cm³/mol. The summed E-state index contributed by atoms with van der Waals surface area (Å²) >= 11 is 0. The van der Waals surface area contributed by atoms with Gasteiger partial charge in [-0.15, -0.1) is 0 Å². The standard InChI is InChI=1S/C14H18N4/c1-11(12-6-9-15-10-7-12)17-13-5-4-8-16-14(13)18(2)3/h4-11,17H,1-3H3. The Hall–Kier alpha value is -2.10. The number of nitrogens with one attached hydrogen (secondary N) is 1. The van der Waals surface area contributed by atoms with Gasteiger partial charge in [0.05, 0.1) is 5.69 Å². The van der Waals surface area contributed by atoms with Crippen LogP contribution in [0, 0.1) is 0 Å². The van der Waals surface area contributed by atoms with E-state index in [4.69, 9.17) is 0 Å². The minimum absolute atomic E-state index is 0.218. The van der Waals surface area contributed by atoms with Crippen LogP contribution in [0.2, 0.25) is 0 Å². The number of anilines is 2. The lowest BCUT2D eigenvalue weighted by Crippen LogP contribution is -2.15. The molecule has 4 nitrogen and oxygen atoms in total. The zero-order valence-electron chi connectivity index (χ0n) is 11.0. The lowest BCUT2D eigenvalue weighted by molar-refractivity contribution is 0.876. The molecule has 0 aliphatic heterocycles. The molecule has 0 spiro atoms. The molecule has 1 N–H and O–H groups in total. The Morgan fingerprint density at radius 2 is 1.83 bits per heavy atom. The van der Waals surface area contributed by atoms with Gasteiger partial charge in [-0.25, -0.2) is 4.98 Å². The number of hydrogen-bond acceptors (Lipinski definition) is 4. The van der Waals surface area contributed by atoms with Crippen LogP contribution in [0.15, 0.2) is 42.9 Å². The molecule has 0 saturated heterocycles. The van der Waals surface area contributed by atoms with Crippen LogP contribution in [0.5, 0.6) is 0 Å². The van der Waals surface area contributed by atoms with Crippen LogP contribution in [0.1, 0.15) is 18.5 Å². The summed E-state index contributed by atoms with van der Waals surface area (Å²) in [6.45, 7) is 2.13. The Bertz CT molecular complexity index is 496. The largest absolute Gasteiger partial charge is 0.376 e. The third-order valence-corrected chi connectivity index (χ3v) is 2.79. The molecule has 0 aromatic carbocycles. The monoisotopic (exact) mass is 242 g/mol. The van der Waals surface area contributed by atoms with Crippen molar-refractivity contribution in [2.24, 2.45) is 0 Å². The van der Waals surface area contributed by atoms with Gasteiger partial charge < -0.3 is 10.2 Å². The van der Waals surface area contributed by atoms with Crippen molar-refractivity contribution in [2.75, 3.05) is 24.3 Å². The quantitative estimate of drug-likeness (QED) is 0.895. The van der Waals surface area contributed by atoms with E-state index in [-0.39, 0.29) is 6.04 Å². The molecular formula is C14H18N4. The van der Waals surface area contributed by atoms with Gasteiger partial charge in [0.25, 0.3) is 0 Å². The minimum Gasteiger partial charge on any atom is -0.376 e. The number of nitrogens with zero attached hydrogens (tertiary/aromatic N) is 3. The molecule has 0 amide bonds. The van der Waals surface area contributed by atoms with Gasteiger partial charge in [-0.05, 0) is 36.8 Å². The van der Waals surface area contributed by atoms with Crippen LogP contribution in [0.25, 0.3) is 0 Å². The van der Waals surface area contributed by atoms with Crippen molar-refractivity contribution in [3.63, 3.8) is 0 Å². The van der Waals surface area contributed by atoms with Crippen molar-refractivity contribution < 1.29 is 0 Å².